The third-order valence-electron chi connectivity index (χ3n) is 1.41. The number of halogens is 3. The minimum absolute atomic E-state index is 0.292. The molecule has 3 nitrogen and oxygen atoms in total. The number of carbonyl (C=O) groups excluding carboxylic acids is 1. The first-order chi connectivity index (χ1) is 7.87. The maximum Gasteiger partial charge on any atom is 0.573 e. The van der Waals surface area contributed by atoms with E-state index < -0.39 is 6.36 Å². The Kier molecular flexibility index (Phi) is 6.09. The molecule has 0 aliphatic heterocycles. The summed E-state index contributed by atoms with van der Waals surface area (Å²) in [6.07, 6.45) is -4.70. The fraction of sp³-hybridized carbons (Fsp3) is 0.364. The Labute approximate surface area is 97.6 Å². The van der Waals surface area contributed by atoms with E-state index in [0.29, 0.717) is 5.69 Å². The second-order valence-corrected chi connectivity index (χ2v) is 2.75. The minimum atomic E-state index is -4.70. The van der Waals surface area contributed by atoms with Crippen molar-refractivity contribution < 1.29 is 22.7 Å². The Morgan fingerprint density at radius 1 is 1.18 bits per heavy atom. The Morgan fingerprint density at radius 3 is 2.00 bits per heavy atom. The lowest BCUT2D eigenvalue weighted by Crippen LogP contribution is -2.17. The van der Waals surface area contributed by atoms with Crippen molar-refractivity contribution in [2.24, 2.45) is 0 Å². The van der Waals surface area contributed by atoms with E-state index in [0.717, 1.165) is 12.1 Å². The SMILES string of the molecule is CC.CC(=O)Nc1ccc(OC(F)(F)F)cc1. The summed E-state index contributed by atoms with van der Waals surface area (Å²) >= 11 is 0. The number of nitrogens with one attached hydrogen (secondary N) is 1. The third kappa shape index (κ3) is 7.21. The van der Waals surface area contributed by atoms with Crippen molar-refractivity contribution in [1.82, 2.24) is 0 Å². The topological polar surface area (TPSA) is 38.3 Å². The van der Waals surface area contributed by atoms with Gasteiger partial charge in [-0.2, -0.15) is 0 Å². The highest BCUT2D eigenvalue weighted by Crippen LogP contribution is 2.23. The largest absolute Gasteiger partial charge is 0.573 e. The van der Waals surface area contributed by atoms with Crippen LogP contribution in [-0.4, -0.2) is 12.3 Å². The first-order valence-corrected chi connectivity index (χ1v) is 5.00. The molecule has 0 heterocycles. The molecular formula is C11H14F3NO2. The average Bonchev–Trinajstić information content (AvgIpc) is 2.21. The number of benzene rings is 1. The van der Waals surface area contributed by atoms with Crippen LogP contribution in [0.5, 0.6) is 5.75 Å². The molecule has 1 rings (SSSR count). The number of ether oxygens (including phenoxy) is 1. The second-order valence-electron chi connectivity index (χ2n) is 2.75. The molecule has 0 aromatic heterocycles. The summed E-state index contributed by atoms with van der Waals surface area (Å²) in [5, 5.41) is 2.42. The van der Waals surface area contributed by atoms with E-state index in [2.05, 4.69) is 10.1 Å². The summed E-state index contributed by atoms with van der Waals surface area (Å²) in [6, 6.07) is 4.89. The lowest BCUT2D eigenvalue weighted by molar-refractivity contribution is -0.274. The Hall–Kier alpha value is -1.72. The minimum Gasteiger partial charge on any atom is -0.406 e. The number of amides is 1. The first kappa shape index (κ1) is 15.3. The highest BCUT2D eigenvalue weighted by molar-refractivity contribution is 5.88. The van der Waals surface area contributed by atoms with Gasteiger partial charge in [-0.25, -0.2) is 0 Å². The maximum atomic E-state index is 11.8. The van der Waals surface area contributed by atoms with Crippen molar-refractivity contribution in [1.29, 1.82) is 0 Å². The summed E-state index contributed by atoms with van der Waals surface area (Å²) in [4.78, 5) is 10.6. The van der Waals surface area contributed by atoms with Crippen LogP contribution in [0.2, 0.25) is 0 Å². The highest BCUT2D eigenvalue weighted by atomic mass is 19.4. The van der Waals surface area contributed by atoms with Gasteiger partial charge in [-0.05, 0) is 24.3 Å². The number of hydrogen-bond donors (Lipinski definition) is 1. The average molecular weight is 249 g/mol. The quantitative estimate of drug-likeness (QED) is 0.870. The van der Waals surface area contributed by atoms with Crippen LogP contribution < -0.4 is 10.1 Å². The fourth-order valence-corrected chi connectivity index (χ4v) is 0.943. The van der Waals surface area contributed by atoms with Crippen LogP contribution >= 0.6 is 0 Å². The van der Waals surface area contributed by atoms with Crippen molar-refractivity contribution in [3.63, 3.8) is 0 Å². The van der Waals surface area contributed by atoms with Crippen molar-refractivity contribution in [3.05, 3.63) is 24.3 Å². The molecule has 1 aromatic carbocycles. The van der Waals surface area contributed by atoms with Gasteiger partial charge in [0.1, 0.15) is 5.75 Å². The number of alkyl halides is 3. The number of hydrogen-bond acceptors (Lipinski definition) is 2. The molecule has 17 heavy (non-hydrogen) atoms. The zero-order valence-electron chi connectivity index (χ0n) is 9.76. The van der Waals surface area contributed by atoms with Crippen LogP contribution in [0.25, 0.3) is 0 Å². The normalized spacial score (nSPS) is 10.0. The van der Waals surface area contributed by atoms with E-state index in [-0.39, 0.29) is 11.7 Å². The Balaban J connectivity index is 0.00000121. The molecule has 0 saturated heterocycles. The standard InChI is InChI=1S/C9H8F3NO2.C2H6/c1-6(14)13-7-2-4-8(5-3-7)15-9(10,11)12;1-2/h2-5H,1H3,(H,13,14);1-2H3. The summed E-state index contributed by atoms with van der Waals surface area (Å²) in [5.41, 5.74) is 0.414. The van der Waals surface area contributed by atoms with Crippen molar-refractivity contribution >= 4 is 11.6 Å². The summed E-state index contributed by atoms with van der Waals surface area (Å²) < 4.78 is 38.9. The number of carbonyl (C=O) groups is 1. The van der Waals surface area contributed by atoms with Crippen molar-refractivity contribution in [2.75, 3.05) is 5.32 Å². The van der Waals surface area contributed by atoms with Gasteiger partial charge >= 0.3 is 6.36 Å². The summed E-state index contributed by atoms with van der Waals surface area (Å²) in [7, 11) is 0. The molecule has 96 valence electrons. The van der Waals surface area contributed by atoms with Crippen LogP contribution in [0.3, 0.4) is 0 Å². The first-order valence-electron chi connectivity index (χ1n) is 5.00. The van der Waals surface area contributed by atoms with Gasteiger partial charge in [0, 0.05) is 12.6 Å². The van der Waals surface area contributed by atoms with E-state index in [1.807, 2.05) is 13.8 Å². The zero-order valence-corrected chi connectivity index (χ0v) is 9.76. The monoisotopic (exact) mass is 249 g/mol. The van der Waals surface area contributed by atoms with E-state index in [1.54, 1.807) is 0 Å². The van der Waals surface area contributed by atoms with E-state index in [4.69, 9.17) is 0 Å². The third-order valence-corrected chi connectivity index (χ3v) is 1.41. The smallest absolute Gasteiger partial charge is 0.406 e. The molecule has 0 aliphatic rings. The number of anilines is 1. The van der Waals surface area contributed by atoms with Crippen molar-refractivity contribution in [3.8, 4) is 5.75 Å². The van der Waals surface area contributed by atoms with E-state index in [9.17, 15) is 18.0 Å². The zero-order chi connectivity index (χ0) is 13.5. The predicted molar refractivity (Wildman–Crippen MR) is 58.8 cm³/mol. The van der Waals surface area contributed by atoms with Gasteiger partial charge in [0.15, 0.2) is 0 Å². The molecule has 1 aromatic rings. The molecule has 6 heteroatoms. The van der Waals surface area contributed by atoms with Gasteiger partial charge < -0.3 is 10.1 Å². The maximum absolute atomic E-state index is 11.8. The molecule has 0 atom stereocenters. The van der Waals surface area contributed by atoms with Gasteiger partial charge in [0.25, 0.3) is 0 Å². The molecule has 1 amide bonds. The molecule has 0 fully saturated rings. The van der Waals surface area contributed by atoms with Crippen LogP contribution in [0, 0.1) is 0 Å². The predicted octanol–water partition coefficient (Wildman–Crippen LogP) is 3.57. The van der Waals surface area contributed by atoms with Crippen LogP contribution in [0.15, 0.2) is 24.3 Å². The van der Waals surface area contributed by atoms with E-state index >= 15 is 0 Å². The molecule has 1 N–H and O–H groups in total. The Morgan fingerprint density at radius 2 is 1.65 bits per heavy atom. The molecule has 0 spiro atoms. The van der Waals surface area contributed by atoms with Gasteiger partial charge in [-0.3, -0.25) is 4.79 Å². The van der Waals surface area contributed by atoms with Crippen LogP contribution in [-0.2, 0) is 4.79 Å². The van der Waals surface area contributed by atoms with Gasteiger partial charge in [-0.15, -0.1) is 13.2 Å². The molecule has 0 unspecified atom stereocenters. The van der Waals surface area contributed by atoms with Gasteiger partial charge in [-0.1, -0.05) is 13.8 Å². The molecule has 0 saturated carbocycles. The second kappa shape index (κ2) is 6.78. The molecule has 0 radical (unpaired) electrons. The lowest BCUT2D eigenvalue weighted by atomic mass is 10.3. The van der Waals surface area contributed by atoms with Crippen molar-refractivity contribution in [2.45, 2.75) is 27.1 Å². The van der Waals surface area contributed by atoms with Gasteiger partial charge in [0.05, 0.1) is 0 Å². The Bertz CT molecular complexity index is 347. The van der Waals surface area contributed by atoms with Crippen LogP contribution in [0.4, 0.5) is 18.9 Å². The van der Waals surface area contributed by atoms with E-state index in [1.165, 1.54) is 19.1 Å². The summed E-state index contributed by atoms with van der Waals surface area (Å²) in [5.74, 6) is -0.615. The molecular weight excluding hydrogens is 235 g/mol. The highest BCUT2D eigenvalue weighted by Gasteiger charge is 2.30. The van der Waals surface area contributed by atoms with Gasteiger partial charge in [0.2, 0.25) is 5.91 Å². The summed E-state index contributed by atoms with van der Waals surface area (Å²) in [6.45, 7) is 5.31. The number of rotatable bonds is 2. The molecule has 0 bridgehead atoms. The fourth-order valence-electron chi connectivity index (χ4n) is 0.943. The lowest BCUT2D eigenvalue weighted by Gasteiger charge is -2.09. The van der Waals surface area contributed by atoms with Crippen LogP contribution in [0.1, 0.15) is 20.8 Å². The molecule has 0 aliphatic carbocycles.